The Morgan fingerprint density at radius 1 is 0.903 bits per heavy atom. The molecular weight excluding hydrogens is 400 g/mol. The van der Waals surface area contributed by atoms with Crippen LogP contribution in [0.5, 0.6) is 0 Å². The summed E-state index contributed by atoms with van der Waals surface area (Å²) in [6, 6.07) is 0. The van der Waals surface area contributed by atoms with Crippen LogP contribution >= 0.6 is 0 Å². The van der Waals surface area contributed by atoms with Crippen molar-refractivity contribution in [2.45, 2.75) is 83.1 Å². The van der Waals surface area contributed by atoms with E-state index < -0.39 is 23.8 Å². The molecule has 1 rings (SSSR count). The maximum absolute atomic E-state index is 11.1. The van der Waals surface area contributed by atoms with Crippen LogP contribution in [0.3, 0.4) is 0 Å². The van der Waals surface area contributed by atoms with E-state index in [2.05, 4.69) is 4.74 Å². The summed E-state index contributed by atoms with van der Waals surface area (Å²) >= 11 is 0. The molecule has 1 aliphatic rings. The molecule has 1 aliphatic heterocycles. The van der Waals surface area contributed by atoms with E-state index in [1.165, 1.54) is 6.92 Å². The second-order valence-electron chi connectivity index (χ2n) is 6.44. The Hall–Kier alpha value is -2.44. The highest BCUT2D eigenvalue weighted by atomic mass is 16.6. The Bertz CT molecular complexity index is 578. The summed E-state index contributed by atoms with van der Waals surface area (Å²) < 4.78 is 4.51. The highest BCUT2D eigenvalue weighted by molar-refractivity contribution is 5.96. The van der Waals surface area contributed by atoms with Crippen LogP contribution < -0.4 is 0 Å². The van der Waals surface area contributed by atoms with Crippen molar-refractivity contribution in [2.75, 3.05) is 0 Å². The Morgan fingerprint density at radius 3 is 1.74 bits per heavy atom. The van der Waals surface area contributed by atoms with Gasteiger partial charge >= 0.3 is 23.9 Å². The Kier molecular flexibility index (Phi) is 26.2. The Balaban J connectivity index is -0.000000129. The van der Waals surface area contributed by atoms with Crippen molar-refractivity contribution in [3.63, 3.8) is 0 Å². The first kappa shape index (κ1) is 39.1. The molecule has 4 unspecified atom stereocenters. The fraction of sp³-hybridized carbons (Fsp3) is 0.667. The zero-order valence-electron chi connectivity index (χ0n) is 16.4. The third-order valence-electron chi connectivity index (χ3n) is 4.37. The van der Waals surface area contributed by atoms with Crippen LogP contribution in [0.4, 0.5) is 0 Å². The standard InChI is InChI=1S/C10H16O4.C10H14O3.4CH4/c1-3-4-5-6-8(10(13)14)7(2)9(11)12;1-3-4-5-6-8-7(2)9(11)13-10(8)12;;;;/h4-5,7-8H,3,6H2,1-2H3,(H,11,12)(H,13,14);4-5,7-8H,3,6H2,1-2H3;4*1H4. The summed E-state index contributed by atoms with van der Waals surface area (Å²) in [5.41, 5.74) is 0. The van der Waals surface area contributed by atoms with Crippen LogP contribution in [0.25, 0.3) is 0 Å². The number of rotatable bonds is 9. The van der Waals surface area contributed by atoms with Gasteiger partial charge in [0.2, 0.25) is 0 Å². The van der Waals surface area contributed by atoms with Crippen LogP contribution in [0.15, 0.2) is 24.3 Å². The second kappa shape index (κ2) is 20.8. The molecule has 4 atom stereocenters. The fourth-order valence-corrected chi connectivity index (χ4v) is 2.45. The first-order chi connectivity index (χ1) is 12.7. The molecule has 7 heteroatoms. The van der Waals surface area contributed by atoms with Crippen molar-refractivity contribution in [1.29, 1.82) is 0 Å². The highest BCUT2D eigenvalue weighted by Crippen LogP contribution is 2.26. The zero-order chi connectivity index (χ0) is 21.0. The molecule has 0 aromatic heterocycles. The number of carbonyl (C=O) groups excluding carboxylic acids is 2. The molecule has 0 aromatic carbocycles. The van der Waals surface area contributed by atoms with Crippen molar-refractivity contribution in [2.24, 2.45) is 23.7 Å². The molecule has 1 fully saturated rings. The van der Waals surface area contributed by atoms with E-state index in [0.29, 0.717) is 6.42 Å². The van der Waals surface area contributed by atoms with Gasteiger partial charge in [-0.2, -0.15) is 0 Å². The van der Waals surface area contributed by atoms with Crippen molar-refractivity contribution in [3.8, 4) is 0 Å². The van der Waals surface area contributed by atoms with Crippen LogP contribution in [0, 0.1) is 23.7 Å². The van der Waals surface area contributed by atoms with E-state index >= 15 is 0 Å². The maximum atomic E-state index is 11.1. The summed E-state index contributed by atoms with van der Waals surface area (Å²) in [5.74, 6) is -5.13. The minimum absolute atomic E-state index is 0. The van der Waals surface area contributed by atoms with Gasteiger partial charge in [0.05, 0.1) is 23.7 Å². The number of hydrogen-bond donors (Lipinski definition) is 2. The normalized spacial score (nSPS) is 18.8. The quantitative estimate of drug-likeness (QED) is 0.254. The predicted octanol–water partition coefficient (Wildman–Crippen LogP) is 5.99. The lowest BCUT2D eigenvalue weighted by molar-refractivity contribution is -0.153. The van der Waals surface area contributed by atoms with E-state index in [1.807, 2.05) is 32.1 Å². The molecule has 1 saturated heterocycles. The first-order valence-electron chi connectivity index (χ1n) is 9.18. The van der Waals surface area contributed by atoms with Crippen LogP contribution in [0.1, 0.15) is 83.1 Å². The van der Waals surface area contributed by atoms with E-state index in [0.717, 1.165) is 12.8 Å². The van der Waals surface area contributed by atoms with Crippen molar-refractivity contribution in [1.82, 2.24) is 0 Å². The molecule has 0 aliphatic carbocycles. The molecule has 0 spiro atoms. The molecule has 0 saturated carbocycles. The number of carbonyl (C=O) groups is 4. The Labute approximate surface area is 189 Å². The third kappa shape index (κ3) is 14.2. The molecule has 184 valence electrons. The number of carboxylic acid groups (broad SMARTS) is 2. The summed E-state index contributed by atoms with van der Waals surface area (Å²) in [6.07, 6.45) is 10.1. The van der Waals surface area contributed by atoms with Crippen molar-refractivity contribution in [3.05, 3.63) is 24.3 Å². The number of cyclic esters (lactones) is 2. The number of ether oxygens (including phenoxy) is 1. The van der Waals surface area contributed by atoms with Gasteiger partial charge in [-0.25, -0.2) is 0 Å². The minimum Gasteiger partial charge on any atom is -0.481 e. The number of allylic oxidation sites excluding steroid dienone is 4. The maximum Gasteiger partial charge on any atom is 0.317 e. The van der Waals surface area contributed by atoms with Gasteiger partial charge in [-0.3, -0.25) is 19.2 Å². The van der Waals surface area contributed by atoms with Gasteiger partial charge < -0.3 is 14.9 Å². The monoisotopic (exact) mass is 446 g/mol. The largest absolute Gasteiger partial charge is 0.481 e. The van der Waals surface area contributed by atoms with E-state index in [9.17, 15) is 19.2 Å². The summed E-state index contributed by atoms with van der Waals surface area (Å²) in [6.45, 7) is 7.11. The van der Waals surface area contributed by atoms with E-state index in [1.54, 1.807) is 13.0 Å². The summed E-state index contributed by atoms with van der Waals surface area (Å²) in [7, 11) is 0. The van der Waals surface area contributed by atoms with E-state index in [-0.39, 0.29) is 59.9 Å². The summed E-state index contributed by atoms with van der Waals surface area (Å²) in [5, 5.41) is 17.5. The van der Waals surface area contributed by atoms with Gasteiger partial charge in [0.1, 0.15) is 0 Å². The highest BCUT2D eigenvalue weighted by Gasteiger charge is 2.40. The summed E-state index contributed by atoms with van der Waals surface area (Å²) in [4.78, 5) is 43.4. The average molecular weight is 447 g/mol. The van der Waals surface area contributed by atoms with Crippen molar-refractivity contribution >= 4 is 23.9 Å². The molecule has 0 amide bonds. The zero-order valence-corrected chi connectivity index (χ0v) is 16.4. The molecule has 0 aromatic rings. The van der Waals surface area contributed by atoms with Gasteiger partial charge in [0.15, 0.2) is 0 Å². The third-order valence-corrected chi connectivity index (χ3v) is 4.37. The number of aliphatic carboxylic acids is 2. The molecule has 0 bridgehead atoms. The topological polar surface area (TPSA) is 118 Å². The second-order valence-corrected chi connectivity index (χ2v) is 6.44. The van der Waals surface area contributed by atoms with Crippen molar-refractivity contribution < 1.29 is 34.1 Å². The number of esters is 2. The minimum atomic E-state index is -1.07. The molecule has 7 nitrogen and oxygen atoms in total. The molecular formula is C24H46O7. The lowest BCUT2D eigenvalue weighted by Crippen LogP contribution is -2.27. The van der Waals surface area contributed by atoms with Crippen LogP contribution in [-0.2, 0) is 23.9 Å². The molecule has 0 radical (unpaired) electrons. The van der Waals surface area contributed by atoms with Gasteiger partial charge in [-0.1, -0.05) is 81.7 Å². The molecule has 2 N–H and O–H groups in total. The SMILES string of the molecule is C.C.C.C.CCC=CCC(C(=O)O)C(C)C(=O)O.CCC=CCC1C(=O)OC(=O)C1C. The number of carboxylic acids is 2. The number of hydrogen-bond acceptors (Lipinski definition) is 5. The average Bonchev–Trinajstić information content (AvgIpc) is 2.84. The van der Waals surface area contributed by atoms with E-state index in [4.69, 9.17) is 10.2 Å². The van der Waals surface area contributed by atoms with Gasteiger partial charge in [-0.05, 0) is 25.7 Å². The lowest BCUT2D eigenvalue weighted by atomic mass is 9.91. The molecule has 1 heterocycles. The molecule has 31 heavy (non-hydrogen) atoms. The lowest BCUT2D eigenvalue weighted by Gasteiger charge is -2.13. The smallest absolute Gasteiger partial charge is 0.317 e. The first-order valence-corrected chi connectivity index (χ1v) is 9.18. The van der Waals surface area contributed by atoms with Crippen LogP contribution in [0.2, 0.25) is 0 Å². The van der Waals surface area contributed by atoms with Crippen LogP contribution in [-0.4, -0.2) is 34.1 Å². The fourth-order valence-electron chi connectivity index (χ4n) is 2.45. The van der Waals surface area contributed by atoms with Gasteiger partial charge in [0.25, 0.3) is 0 Å². The Morgan fingerprint density at radius 2 is 1.39 bits per heavy atom. The van der Waals surface area contributed by atoms with Gasteiger partial charge in [0, 0.05) is 0 Å². The van der Waals surface area contributed by atoms with Gasteiger partial charge in [-0.15, -0.1) is 0 Å². The predicted molar refractivity (Wildman–Crippen MR) is 127 cm³/mol.